The Labute approximate surface area is 112 Å². The summed E-state index contributed by atoms with van der Waals surface area (Å²) in [6.45, 7) is 5.09. The first-order valence-electron chi connectivity index (χ1n) is 7.56. The van der Waals surface area contributed by atoms with Gasteiger partial charge in [0.25, 0.3) is 0 Å². The third-order valence-electron chi connectivity index (χ3n) is 4.14. The Kier molecular flexibility index (Phi) is 5.10. The highest BCUT2D eigenvalue weighted by atomic mass is 16.5. The van der Waals surface area contributed by atoms with E-state index in [0.29, 0.717) is 0 Å². The highest BCUT2D eigenvalue weighted by molar-refractivity contribution is 5.29. The summed E-state index contributed by atoms with van der Waals surface area (Å²) in [7, 11) is 0. The maximum absolute atomic E-state index is 5.51. The Morgan fingerprint density at radius 1 is 1.11 bits per heavy atom. The molecule has 0 radical (unpaired) electrons. The summed E-state index contributed by atoms with van der Waals surface area (Å²) in [6.07, 6.45) is 8.36. The molecule has 1 aromatic rings. The van der Waals surface area contributed by atoms with Crippen LogP contribution in [0.1, 0.15) is 63.9 Å². The second-order valence-corrected chi connectivity index (χ2v) is 5.52. The lowest BCUT2D eigenvalue weighted by atomic mass is 9.76. The first kappa shape index (κ1) is 13.5. The fourth-order valence-electron chi connectivity index (χ4n) is 3.27. The molecular formula is C17H26O. The molecule has 1 aliphatic rings. The van der Waals surface area contributed by atoms with Gasteiger partial charge < -0.3 is 4.74 Å². The van der Waals surface area contributed by atoms with Crippen LogP contribution in [0.4, 0.5) is 0 Å². The molecule has 1 aliphatic carbocycles. The van der Waals surface area contributed by atoms with Gasteiger partial charge in [-0.3, -0.25) is 0 Å². The Morgan fingerprint density at radius 2 is 1.89 bits per heavy atom. The van der Waals surface area contributed by atoms with Gasteiger partial charge in [-0.05, 0) is 49.3 Å². The van der Waals surface area contributed by atoms with E-state index >= 15 is 0 Å². The predicted octanol–water partition coefficient (Wildman–Crippen LogP) is 5.16. The molecule has 0 spiro atoms. The van der Waals surface area contributed by atoms with E-state index < -0.39 is 0 Å². The molecule has 0 amide bonds. The molecule has 100 valence electrons. The van der Waals surface area contributed by atoms with Crippen molar-refractivity contribution in [2.45, 2.75) is 58.3 Å². The smallest absolute Gasteiger partial charge is 0.119 e. The Balaban J connectivity index is 1.97. The fourth-order valence-corrected chi connectivity index (χ4v) is 3.27. The summed E-state index contributed by atoms with van der Waals surface area (Å²) in [5.41, 5.74) is 1.51. The van der Waals surface area contributed by atoms with E-state index in [1.165, 1.54) is 44.1 Å². The van der Waals surface area contributed by atoms with Gasteiger partial charge in [-0.25, -0.2) is 0 Å². The van der Waals surface area contributed by atoms with Crippen LogP contribution >= 0.6 is 0 Å². The number of rotatable bonds is 5. The lowest BCUT2D eigenvalue weighted by molar-refractivity contribution is 0.303. The van der Waals surface area contributed by atoms with Gasteiger partial charge in [0.15, 0.2) is 0 Å². The second-order valence-electron chi connectivity index (χ2n) is 5.52. The summed E-state index contributed by atoms with van der Waals surface area (Å²) < 4.78 is 5.51. The third-order valence-corrected chi connectivity index (χ3v) is 4.14. The van der Waals surface area contributed by atoms with Gasteiger partial charge in [-0.2, -0.15) is 0 Å². The van der Waals surface area contributed by atoms with Crippen molar-refractivity contribution in [2.24, 2.45) is 5.92 Å². The third kappa shape index (κ3) is 3.51. The minimum absolute atomic E-state index is 0.751. The SMILES string of the molecule is CCC[C@@H]1CCC[C@@H](c2ccc(OCC)cc2)C1. The standard InChI is InChI=1S/C17H26O/c1-3-6-14-7-5-8-16(13-14)15-9-11-17(12-10-15)18-4-2/h9-12,14,16H,3-8,13H2,1-2H3/t14-,16-/m1/s1. The maximum atomic E-state index is 5.51. The molecule has 1 nitrogen and oxygen atoms in total. The lowest BCUT2D eigenvalue weighted by Crippen LogP contribution is -2.14. The summed E-state index contributed by atoms with van der Waals surface area (Å²) in [5, 5.41) is 0. The van der Waals surface area contributed by atoms with Crippen molar-refractivity contribution >= 4 is 0 Å². The molecule has 2 atom stereocenters. The highest BCUT2D eigenvalue weighted by Crippen LogP contribution is 2.38. The average Bonchev–Trinajstić information content (AvgIpc) is 2.41. The number of ether oxygens (including phenoxy) is 1. The van der Waals surface area contributed by atoms with Crippen LogP contribution in [0, 0.1) is 5.92 Å². The zero-order chi connectivity index (χ0) is 12.8. The molecule has 1 fully saturated rings. The van der Waals surface area contributed by atoms with E-state index in [9.17, 15) is 0 Å². The van der Waals surface area contributed by atoms with E-state index in [2.05, 4.69) is 31.2 Å². The first-order chi connectivity index (χ1) is 8.83. The van der Waals surface area contributed by atoms with E-state index in [1.807, 2.05) is 6.92 Å². The summed E-state index contributed by atoms with van der Waals surface area (Å²) >= 11 is 0. The summed E-state index contributed by atoms with van der Waals surface area (Å²) in [4.78, 5) is 0. The zero-order valence-corrected chi connectivity index (χ0v) is 11.8. The monoisotopic (exact) mass is 246 g/mol. The van der Waals surface area contributed by atoms with Crippen LogP contribution in [0.3, 0.4) is 0 Å². The van der Waals surface area contributed by atoms with Crippen molar-refractivity contribution in [3.05, 3.63) is 29.8 Å². The van der Waals surface area contributed by atoms with Gasteiger partial charge in [0.2, 0.25) is 0 Å². The lowest BCUT2D eigenvalue weighted by Gasteiger charge is -2.29. The topological polar surface area (TPSA) is 9.23 Å². The van der Waals surface area contributed by atoms with Crippen LogP contribution in [-0.2, 0) is 0 Å². The first-order valence-corrected chi connectivity index (χ1v) is 7.56. The van der Waals surface area contributed by atoms with Crippen molar-refractivity contribution in [1.82, 2.24) is 0 Å². The Morgan fingerprint density at radius 3 is 2.56 bits per heavy atom. The van der Waals surface area contributed by atoms with Gasteiger partial charge in [0.05, 0.1) is 6.61 Å². The van der Waals surface area contributed by atoms with E-state index in [4.69, 9.17) is 4.74 Å². The highest BCUT2D eigenvalue weighted by Gasteiger charge is 2.22. The van der Waals surface area contributed by atoms with Crippen molar-refractivity contribution in [2.75, 3.05) is 6.61 Å². The van der Waals surface area contributed by atoms with Gasteiger partial charge in [-0.15, -0.1) is 0 Å². The van der Waals surface area contributed by atoms with Crippen LogP contribution in [0.15, 0.2) is 24.3 Å². The van der Waals surface area contributed by atoms with Gasteiger partial charge >= 0.3 is 0 Å². The Hall–Kier alpha value is -0.980. The van der Waals surface area contributed by atoms with Crippen molar-refractivity contribution in [3.63, 3.8) is 0 Å². The number of hydrogen-bond acceptors (Lipinski definition) is 1. The molecular weight excluding hydrogens is 220 g/mol. The quantitative estimate of drug-likeness (QED) is 0.697. The molecule has 0 aromatic heterocycles. The number of hydrogen-bond donors (Lipinski definition) is 0. The van der Waals surface area contributed by atoms with Crippen molar-refractivity contribution in [3.8, 4) is 5.75 Å². The summed E-state index contributed by atoms with van der Waals surface area (Å²) in [5.74, 6) is 2.74. The van der Waals surface area contributed by atoms with Crippen LogP contribution in [0.2, 0.25) is 0 Å². The molecule has 0 bridgehead atoms. The zero-order valence-electron chi connectivity index (χ0n) is 11.8. The van der Waals surface area contributed by atoms with Gasteiger partial charge in [0, 0.05) is 0 Å². The molecule has 18 heavy (non-hydrogen) atoms. The van der Waals surface area contributed by atoms with Crippen molar-refractivity contribution in [1.29, 1.82) is 0 Å². The number of benzene rings is 1. The van der Waals surface area contributed by atoms with E-state index in [1.54, 1.807) is 0 Å². The molecule has 1 aromatic carbocycles. The van der Waals surface area contributed by atoms with Gasteiger partial charge in [0.1, 0.15) is 5.75 Å². The second kappa shape index (κ2) is 6.82. The molecule has 0 saturated heterocycles. The molecule has 0 unspecified atom stereocenters. The minimum Gasteiger partial charge on any atom is -0.494 e. The largest absolute Gasteiger partial charge is 0.494 e. The molecule has 0 aliphatic heterocycles. The fraction of sp³-hybridized carbons (Fsp3) is 0.647. The normalized spacial score (nSPS) is 23.9. The predicted molar refractivity (Wildman–Crippen MR) is 77.2 cm³/mol. The van der Waals surface area contributed by atoms with E-state index in [0.717, 1.165) is 24.2 Å². The van der Waals surface area contributed by atoms with Gasteiger partial charge in [-0.1, -0.05) is 44.7 Å². The van der Waals surface area contributed by atoms with Crippen LogP contribution in [-0.4, -0.2) is 6.61 Å². The van der Waals surface area contributed by atoms with Crippen LogP contribution in [0.25, 0.3) is 0 Å². The van der Waals surface area contributed by atoms with Crippen LogP contribution in [0.5, 0.6) is 5.75 Å². The average molecular weight is 246 g/mol. The van der Waals surface area contributed by atoms with E-state index in [-0.39, 0.29) is 0 Å². The minimum atomic E-state index is 0.751. The van der Waals surface area contributed by atoms with Crippen LogP contribution < -0.4 is 4.74 Å². The van der Waals surface area contributed by atoms with Crippen molar-refractivity contribution < 1.29 is 4.74 Å². The molecule has 1 heteroatoms. The molecule has 1 saturated carbocycles. The maximum Gasteiger partial charge on any atom is 0.119 e. The Bertz CT molecular complexity index is 339. The summed E-state index contributed by atoms with van der Waals surface area (Å²) in [6, 6.07) is 8.79. The molecule has 2 rings (SSSR count). The molecule has 0 heterocycles. The molecule has 0 N–H and O–H groups in total.